The van der Waals surface area contributed by atoms with Crippen molar-refractivity contribution in [3.8, 4) is 5.75 Å². The summed E-state index contributed by atoms with van der Waals surface area (Å²) in [5.41, 5.74) is 0.0515. The molecule has 0 saturated heterocycles. The summed E-state index contributed by atoms with van der Waals surface area (Å²) >= 11 is 3.37. The monoisotopic (exact) mass is 317 g/mol. The molecule has 0 bridgehead atoms. The van der Waals surface area contributed by atoms with Crippen LogP contribution in [-0.2, 0) is 0 Å². The molecule has 0 heterocycles. The Kier molecular flexibility index (Phi) is 5.60. The van der Waals surface area contributed by atoms with Gasteiger partial charge in [0.2, 0.25) is 0 Å². The lowest BCUT2D eigenvalue weighted by atomic mass is 10.1. The Bertz CT molecular complexity index is 390. The standard InChI is InChI=1S/C14H21BrFNO/c1-5-11(9-17-14(2,3)4)18-13-8-10(16)6-7-12(13)15/h6-8,11,17H,5,9H2,1-4H3. The number of nitrogens with one attached hydrogen (secondary N) is 1. The molecular formula is C14H21BrFNO. The number of hydrogen-bond acceptors (Lipinski definition) is 2. The first-order valence-corrected chi connectivity index (χ1v) is 6.98. The largest absolute Gasteiger partial charge is 0.488 e. The van der Waals surface area contributed by atoms with E-state index in [4.69, 9.17) is 4.74 Å². The third-order valence-corrected chi connectivity index (χ3v) is 3.16. The lowest BCUT2D eigenvalue weighted by Gasteiger charge is -2.25. The van der Waals surface area contributed by atoms with Gasteiger partial charge in [0.05, 0.1) is 4.47 Å². The van der Waals surface area contributed by atoms with E-state index in [1.54, 1.807) is 6.07 Å². The van der Waals surface area contributed by atoms with Crippen LogP contribution >= 0.6 is 15.9 Å². The summed E-state index contributed by atoms with van der Waals surface area (Å²) in [6.07, 6.45) is 0.897. The van der Waals surface area contributed by atoms with E-state index in [2.05, 4.69) is 48.9 Å². The van der Waals surface area contributed by atoms with Crippen LogP contribution in [0.5, 0.6) is 5.75 Å². The van der Waals surface area contributed by atoms with Crippen LogP contribution in [0.25, 0.3) is 0 Å². The minimum atomic E-state index is -0.285. The maximum absolute atomic E-state index is 13.2. The Labute approximate surface area is 117 Å². The summed E-state index contributed by atoms with van der Waals surface area (Å²) in [5, 5.41) is 3.39. The van der Waals surface area contributed by atoms with Gasteiger partial charge in [-0.3, -0.25) is 0 Å². The molecule has 4 heteroatoms. The molecule has 0 aliphatic heterocycles. The maximum atomic E-state index is 13.2. The zero-order chi connectivity index (χ0) is 13.8. The molecule has 0 saturated carbocycles. The van der Waals surface area contributed by atoms with Gasteiger partial charge in [-0.05, 0) is 55.3 Å². The highest BCUT2D eigenvalue weighted by Gasteiger charge is 2.15. The molecule has 1 rings (SSSR count). The molecule has 0 aliphatic carbocycles. The Morgan fingerprint density at radius 3 is 2.61 bits per heavy atom. The van der Waals surface area contributed by atoms with Crippen molar-refractivity contribution in [3.05, 3.63) is 28.5 Å². The number of rotatable bonds is 5. The van der Waals surface area contributed by atoms with Gasteiger partial charge < -0.3 is 10.1 Å². The predicted octanol–water partition coefficient (Wildman–Crippen LogP) is 4.13. The van der Waals surface area contributed by atoms with Crippen LogP contribution in [-0.4, -0.2) is 18.2 Å². The lowest BCUT2D eigenvalue weighted by Crippen LogP contribution is -2.42. The molecule has 0 aromatic heterocycles. The van der Waals surface area contributed by atoms with Crippen molar-refractivity contribution >= 4 is 15.9 Å². The zero-order valence-electron chi connectivity index (χ0n) is 11.4. The van der Waals surface area contributed by atoms with Crippen molar-refractivity contribution in [1.82, 2.24) is 5.32 Å². The molecule has 1 aromatic carbocycles. The first kappa shape index (κ1) is 15.4. The summed E-state index contributed by atoms with van der Waals surface area (Å²) in [5.74, 6) is 0.268. The van der Waals surface area contributed by atoms with Crippen LogP contribution in [0, 0.1) is 5.82 Å². The molecule has 0 amide bonds. The quantitative estimate of drug-likeness (QED) is 0.881. The fourth-order valence-electron chi connectivity index (χ4n) is 1.44. The molecule has 1 unspecified atom stereocenters. The second-order valence-corrected chi connectivity index (χ2v) is 6.21. The van der Waals surface area contributed by atoms with Gasteiger partial charge in [0, 0.05) is 18.2 Å². The van der Waals surface area contributed by atoms with E-state index in [9.17, 15) is 4.39 Å². The smallest absolute Gasteiger partial charge is 0.136 e. The second-order valence-electron chi connectivity index (χ2n) is 5.35. The van der Waals surface area contributed by atoms with Gasteiger partial charge in [-0.2, -0.15) is 0 Å². The van der Waals surface area contributed by atoms with Gasteiger partial charge in [-0.25, -0.2) is 4.39 Å². The predicted molar refractivity (Wildman–Crippen MR) is 76.6 cm³/mol. The van der Waals surface area contributed by atoms with Crippen molar-refractivity contribution in [2.45, 2.75) is 45.8 Å². The summed E-state index contributed by atoms with van der Waals surface area (Å²) in [6.45, 7) is 9.12. The van der Waals surface area contributed by atoms with Crippen molar-refractivity contribution in [2.75, 3.05) is 6.54 Å². The summed E-state index contributed by atoms with van der Waals surface area (Å²) in [7, 11) is 0. The number of benzene rings is 1. The summed E-state index contributed by atoms with van der Waals surface area (Å²) < 4.78 is 19.8. The molecule has 0 fully saturated rings. The Morgan fingerprint density at radius 2 is 2.06 bits per heavy atom. The molecule has 0 radical (unpaired) electrons. The van der Waals surface area contributed by atoms with Crippen molar-refractivity contribution in [3.63, 3.8) is 0 Å². The lowest BCUT2D eigenvalue weighted by molar-refractivity contribution is 0.179. The fourth-order valence-corrected chi connectivity index (χ4v) is 1.78. The van der Waals surface area contributed by atoms with E-state index in [0.717, 1.165) is 17.4 Å². The average molecular weight is 318 g/mol. The van der Waals surface area contributed by atoms with E-state index >= 15 is 0 Å². The number of ether oxygens (including phenoxy) is 1. The molecule has 2 nitrogen and oxygen atoms in total. The van der Waals surface area contributed by atoms with Crippen LogP contribution in [0.15, 0.2) is 22.7 Å². The van der Waals surface area contributed by atoms with Gasteiger partial charge >= 0.3 is 0 Å². The normalized spacial score (nSPS) is 13.4. The van der Waals surface area contributed by atoms with Crippen LogP contribution in [0.4, 0.5) is 4.39 Å². The number of halogens is 2. The highest BCUT2D eigenvalue weighted by Crippen LogP contribution is 2.26. The first-order chi connectivity index (χ1) is 8.31. The molecule has 102 valence electrons. The van der Waals surface area contributed by atoms with Crippen LogP contribution in [0.2, 0.25) is 0 Å². The molecule has 1 aromatic rings. The number of hydrogen-bond donors (Lipinski definition) is 1. The molecule has 1 atom stereocenters. The molecule has 1 N–H and O–H groups in total. The summed E-state index contributed by atoms with van der Waals surface area (Å²) in [6, 6.07) is 4.48. The highest BCUT2D eigenvalue weighted by molar-refractivity contribution is 9.10. The van der Waals surface area contributed by atoms with E-state index < -0.39 is 0 Å². The first-order valence-electron chi connectivity index (χ1n) is 6.18. The second kappa shape index (κ2) is 6.53. The van der Waals surface area contributed by atoms with E-state index in [1.807, 2.05) is 0 Å². The fraction of sp³-hybridized carbons (Fsp3) is 0.571. The summed E-state index contributed by atoms with van der Waals surface area (Å²) in [4.78, 5) is 0. The Morgan fingerprint density at radius 1 is 1.39 bits per heavy atom. The van der Waals surface area contributed by atoms with Gasteiger partial charge in [-0.1, -0.05) is 6.92 Å². The third kappa shape index (κ3) is 5.36. The van der Waals surface area contributed by atoms with E-state index in [-0.39, 0.29) is 17.5 Å². The van der Waals surface area contributed by atoms with E-state index in [0.29, 0.717) is 5.75 Å². The van der Waals surface area contributed by atoms with Gasteiger partial charge in [0.25, 0.3) is 0 Å². The van der Waals surface area contributed by atoms with Crippen LogP contribution in [0.3, 0.4) is 0 Å². The molecule has 18 heavy (non-hydrogen) atoms. The van der Waals surface area contributed by atoms with Crippen molar-refractivity contribution in [1.29, 1.82) is 0 Å². The van der Waals surface area contributed by atoms with E-state index in [1.165, 1.54) is 12.1 Å². The average Bonchev–Trinajstić information content (AvgIpc) is 2.27. The minimum Gasteiger partial charge on any atom is -0.488 e. The van der Waals surface area contributed by atoms with Gasteiger partial charge in [0.15, 0.2) is 0 Å². The van der Waals surface area contributed by atoms with Crippen molar-refractivity contribution < 1.29 is 9.13 Å². The molecule has 0 spiro atoms. The zero-order valence-corrected chi connectivity index (χ0v) is 13.0. The highest BCUT2D eigenvalue weighted by atomic mass is 79.9. The SMILES string of the molecule is CCC(CNC(C)(C)C)Oc1cc(F)ccc1Br. The molecule has 0 aliphatic rings. The maximum Gasteiger partial charge on any atom is 0.136 e. The Balaban J connectivity index is 2.65. The van der Waals surface area contributed by atoms with Crippen molar-refractivity contribution in [2.24, 2.45) is 0 Å². The van der Waals surface area contributed by atoms with Crippen LogP contribution < -0.4 is 10.1 Å². The third-order valence-electron chi connectivity index (χ3n) is 2.50. The van der Waals surface area contributed by atoms with Gasteiger partial charge in [0.1, 0.15) is 17.7 Å². The topological polar surface area (TPSA) is 21.3 Å². The molecular weight excluding hydrogens is 297 g/mol. The Hall–Kier alpha value is -0.610. The van der Waals surface area contributed by atoms with Crippen LogP contribution in [0.1, 0.15) is 34.1 Å². The minimum absolute atomic E-state index is 0.0299. The van der Waals surface area contributed by atoms with Gasteiger partial charge in [-0.15, -0.1) is 0 Å².